The van der Waals surface area contributed by atoms with E-state index in [0.29, 0.717) is 26.2 Å². The van der Waals surface area contributed by atoms with Crippen LogP contribution in [0, 0.1) is 0 Å². The van der Waals surface area contributed by atoms with E-state index >= 15 is 0 Å². The number of aromatic nitrogens is 2. The lowest BCUT2D eigenvalue weighted by molar-refractivity contribution is -0.120. The number of carbonyl (C=O) groups is 2. The summed E-state index contributed by atoms with van der Waals surface area (Å²) in [5, 5.41) is 6.98. The molecular formula is C28H33N7O2. The van der Waals surface area contributed by atoms with E-state index in [-0.39, 0.29) is 17.9 Å². The summed E-state index contributed by atoms with van der Waals surface area (Å²) in [6.07, 6.45) is 5.86. The van der Waals surface area contributed by atoms with Gasteiger partial charge >= 0.3 is 6.03 Å². The molecule has 2 aromatic carbocycles. The Hall–Kier alpha value is -3.88. The lowest BCUT2D eigenvalue weighted by Gasteiger charge is -2.32. The van der Waals surface area contributed by atoms with Crippen molar-refractivity contribution in [2.75, 3.05) is 60.9 Å². The van der Waals surface area contributed by atoms with Gasteiger partial charge in [0.2, 0.25) is 5.91 Å². The van der Waals surface area contributed by atoms with Crippen LogP contribution in [0.15, 0.2) is 48.8 Å². The molecule has 37 heavy (non-hydrogen) atoms. The minimum absolute atomic E-state index is 0.0459. The van der Waals surface area contributed by atoms with Crippen LogP contribution in [0.5, 0.6) is 0 Å². The molecule has 3 amide bonds. The summed E-state index contributed by atoms with van der Waals surface area (Å²) < 4.78 is 0. The molecule has 0 aliphatic carbocycles. The highest BCUT2D eigenvalue weighted by Crippen LogP contribution is 2.33. The molecule has 4 heterocycles. The van der Waals surface area contributed by atoms with Crippen molar-refractivity contribution in [3.63, 3.8) is 0 Å². The van der Waals surface area contributed by atoms with Gasteiger partial charge < -0.3 is 25.3 Å². The maximum atomic E-state index is 12.9. The fraction of sp³-hybridized carbons (Fsp3) is 0.429. The topological polar surface area (TPSA) is 93.7 Å². The molecule has 3 aliphatic heterocycles. The standard InChI is InChI=1S/C28H33N7O2/c36-26-18-35(16-11-29-26)23-7-8-24-25(17-23)30-19-31-27(24)20-9-14-34(15-10-20)28(37)32-21-3-5-22(6-4-21)33-12-1-2-13-33/h3-8,17,19-20H,1-2,9-16,18H2,(H,29,36)(H,32,37). The van der Waals surface area contributed by atoms with Crippen molar-refractivity contribution in [2.45, 2.75) is 31.6 Å². The molecule has 0 saturated carbocycles. The molecule has 3 aliphatic rings. The average Bonchev–Trinajstić information content (AvgIpc) is 3.48. The second-order valence-corrected chi connectivity index (χ2v) is 10.2. The summed E-state index contributed by atoms with van der Waals surface area (Å²) in [7, 11) is 0. The largest absolute Gasteiger partial charge is 0.372 e. The Morgan fingerprint density at radius 2 is 1.65 bits per heavy atom. The quantitative estimate of drug-likeness (QED) is 0.570. The number of rotatable bonds is 4. The zero-order valence-electron chi connectivity index (χ0n) is 21.0. The lowest BCUT2D eigenvalue weighted by atomic mass is 9.91. The van der Waals surface area contributed by atoms with Crippen molar-refractivity contribution < 1.29 is 9.59 Å². The first-order chi connectivity index (χ1) is 18.1. The minimum atomic E-state index is -0.0462. The van der Waals surface area contributed by atoms with Gasteiger partial charge in [0.25, 0.3) is 0 Å². The highest BCUT2D eigenvalue weighted by Gasteiger charge is 2.26. The van der Waals surface area contributed by atoms with Crippen LogP contribution in [0.1, 0.15) is 37.3 Å². The number of amides is 3. The van der Waals surface area contributed by atoms with Crippen LogP contribution in [0.4, 0.5) is 21.9 Å². The minimum Gasteiger partial charge on any atom is -0.372 e. The van der Waals surface area contributed by atoms with E-state index in [1.54, 1.807) is 6.33 Å². The fourth-order valence-electron chi connectivity index (χ4n) is 5.74. The number of nitrogens with one attached hydrogen (secondary N) is 2. The number of anilines is 3. The summed E-state index contributed by atoms with van der Waals surface area (Å²) in [4.78, 5) is 40.3. The lowest BCUT2D eigenvalue weighted by Crippen LogP contribution is -2.47. The van der Waals surface area contributed by atoms with Gasteiger partial charge in [-0.05, 0) is 68.1 Å². The Bertz CT molecular complexity index is 1280. The van der Waals surface area contributed by atoms with Crippen LogP contribution in [-0.2, 0) is 4.79 Å². The Morgan fingerprint density at radius 1 is 0.892 bits per heavy atom. The van der Waals surface area contributed by atoms with Gasteiger partial charge in [0.1, 0.15) is 6.33 Å². The number of piperidine rings is 1. The highest BCUT2D eigenvalue weighted by molar-refractivity contribution is 5.90. The van der Waals surface area contributed by atoms with Crippen molar-refractivity contribution in [1.29, 1.82) is 0 Å². The number of urea groups is 1. The van der Waals surface area contributed by atoms with Crippen LogP contribution in [0.25, 0.3) is 10.9 Å². The third-order valence-corrected chi connectivity index (χ3v) is 7.81. The predicted octanol–water partition coefficient (Wildman–Crippen LogP) is 3.58. The van der Waals surface area contributed by atoms with E-state index in [1.807, 2.05) is 17.0 Å². The normalized spacial score (nSPS) is 18.8. The zero-order chi connectivity index (χ0) is 25.2. The maximum Gasteiger partial charge on any atom is 0.321 e. The van der Waals surface area contributed by atoms with Crippen molar-refractivity contribution in [3.05, 3.63) is 54.5 Å². The van der Waals surface area contributed by atoms with Gasteiger partial charge in [0, 0.05) is 67.6 Å². The van der Waals surface area contributed by atoms with Gasteiger partial charge in [-0.1, -0.05) is 0 Å². The monoisotopic (exact) mass is 499 g/mol. The van der Waals surface area contributed by atoms with E-state index in [1.165, 1.54) is 18.5 Å². The van der Waals surface area contributed by atoms with E-state index in [4.69, 9.17) is 0 Å². The van der Waals surface area contributed by atoms with Crippen LogP contribution < -0.4 is 20.4 Å². The van der Waals surface area contributed by atoms with Gasteiger partial charge in [0.05, 0.1) is 17.8 Å². The van der Waals surface area contributed by atoms with Crippen molar-refractivity contribution in [2.24, 2.45) is 0 Å². The molecule has 3 aromatic rings. The number of nitrogens with zero attached hydrogens (tertiary/aromatic N) is 5. The predicted molar refractivity (Wildman–Crippen MR) is 145 cm³/mol. The zero-order valence-corrected chi connectivity index (χ0v) is 21.0. The van der Waals surface area contributed by atoms with Gasteiger partial charge in [-0.15, -0.1) is 0 Å². The number of hydrogen-bond donors (Lipinski definition) is 2. The summed E-state index contributed by atoms with van der Waals surface area (Å²) >= 11 is 0. The maximum absolute atomic E-state index is 12.9. The average molecular weight is 500 g/mol. The van der Waals surface area contributed by atoms with Gasteiger partial charge in [-0.3, -0.25) is 4.79 Å². The number of carbonyl (C=O) groups excluding carboxylic acids is 2. The Labute approximate surface area is 216 Å². The van der Waals surface area contributed by atoms with E-state index < -0.39 is 0 Å². The Kier molecular flexibility index (Phi) is 6.51. The molecule has 0 radical (unpaired) electrons. The van der Waals surface area contributed by atoms with Crippen molar-refractivity contribution in [3.8, 4) is 0 Å². The van der Waals surface area contributed by atoms with E-state index in [2.05, 4.69) is 60.7 Å². The molecule has 9 heteroatoms. The molecule has 3 saturated heterocycles. The second kappa shape index (κ2) is 10.2. The van der Waals surface area contributed by atoms with Crippen LogP contribution in [-0.4, -0.2) is 72.6 Å². The molecule has 0 unspecified atom stereocenters. The summed E-state index contributed by atoms with van der Waals surface area (Å²) in [6.45, 7) is 5.41. The fourth-order valence-corrected chi connectivity index (χ4v) is 5.74. The highest BCUT2D eigenvalue weighted by atomic mass is 16.2. The SMILES string of the molecule is O=C1CN(c2ccc3c(C4CCN(C(=O)Nc5ccc(N6CCCC6)cc5)CC4)ncnc3c2)CCN1. The van der Waals surface area contributed by atoms with Crippen LogP contribution in [0.3, 0.4) is 0 Å². The summed E-state index contributed by atoms with van der Waals surface area (Å²) in [5.41, 5.74) is 5.00. The summed E-state index contributed by atoms with van der Waals surface area (Å²) in [5.74, 6) is 0.325. The van der Waals surface area contributed by atoms with Crippen LogP contribution in [0.2, 0.25) is 0 Å². The molecule has 6 rings (SSSR count). The molecule has 1 aromatic heterocycles. The van der Waals surface area contributed by atoms with Gasteiger partial charge in [0.15, 0.2) is 0 Å². The van der Waals surface area contributed by atoms with Crippen molar-refractivity contribution in [1.82, 2.24) is 20.2 Å². The molecule has 0 bridgehead atoms. The first-order valence-electron chi connectivity index (χ1n) is 13.3. The second-order valence-electron chi connectivity index (χ2n) is 10.2. The van der Waals surface area contributed by atoms with E-state index in [0.717, 1.165) is 60.4 Å². The number of piperazine rings is 1. The van der Waals surface area contributed by atoms with Crippen LogP contribution >= 0.6 is 0 Å². The molecule has 192 valence electrons. The third-order valence-electron chi connectivity index (χ3n) is 7.81. The van der Waals surface area contributed by atoms with Crippen molar-refractivity contribution >= 4 is 39.9 Å². The molecule has 0 spiro atoms. The first-order valence-corrected chi connectivity index (χ1v) is 13.3. The molecule has 9 nitrogen and oxygen atoms in total. The number of fused-ring (bicyclic) bond motifs is 1. The van der Waals surface area contributed by atoms with E-state index in [9.17, 15) is 9.59 Å². The molecule has 2 N–H and O–H groups in total. The summed E-state index contributed by atoms with van der Waals surface area (Å²) in [6, 6.07) is 14.3. The Balaban J connectivity index is 1.08. The first kappa shape index (κ1) is 23.5. The third kappa shape index (κ3) is 5.03. The molecule has 0 atom stereocenters. The van der Waals surface area contributed by atoms with Gasteiger partial charge in [-0.25, -0.2) is 14.8 Å². The Morgan fingerprint density at radius 3 is 2.41 bits per heavy atom. The smallest absolute Gasteiger partial charge is 0.321 e. The number of benzene rings is 2. The molecule has 3 fully saturated rings. The molecular weight excluding hydrogens is 466 g/mol. The number of hydrogen-bond acceptors (Lipinski definition) is 6. The van der Waals surface area contributed by atoms with Gasteiger partial charge in [-0.2, -0.15) is 0 Å². The number of likely N-dealkylation sites (tertiary alicyclic amines) is 1.